The van der Waals surface area contributed by atoms with Crippen molar-refractivity contribution >= 4 is 11.3 Å². The van der Waals surface area contributed by atoms with Crippen molar-refractivity contribution < 1.29 is 0 Å². The van der Waals surface area contributed by atoms with E-state index in [1.165, 1.54) is 25.1 Å². The molecule has 0 bridgehead atoms. The van der Waals surface area contributed by atoms with Crippen LogP contribution in [0.4, 0.5) is 0 Å². The molecule has 3 heterocycles. The summed E-state index contributed by atoms with van der Waals surface area (Å²) < 4.78 is 0. The van der Waals surface area contributed by atoms with Gasteiger partial charge >= 0.3 is 0 Å². The minimum Gasteiger partial charge on any atom is -0.312 e. The number of rotatable bonds is 2. The van der Waals surface area contributed by atoms with E-state index in [0.29, 0.717) is 12.0 Å². The molecule has 110 valence electrons. The predicted octanol–water partition coefficient (Wildman–Crippen LogP) is 3.55. The molecule has 1 N–H and O–H groups in total. The Balaban J connectivity index is 1.55. The monoisotopic (exact) mass is 298 g/mol. The number of hydrogen-bond acceptors (Lipinski definition) is 3. The van der Waals surface area contributed by atoms with E-state index in [-0.39, 0.29) is 0 Å². The van der Waals surface area contributed by atoms with Crippen molar-refractivity contribution in [1.82, 2.24) is 10.2 Å². The minimum absolute atomic E-state index is 0.564. The molecule has 1 aromatic heterocycles. The summed E-state index contributed by atoms with van der Waals surface area (Å²) in [5.74, 6) is 0.623. The highest BCUT2D eigenvalue weighted by atomic mass is 32.1. The summed E-state index contributed by atoms with van der Waals surface area (Å²) in [5, 5.41) is 5.84. The van der Waals surface area contributed by atoms with Crippen molar-refractivity contribution in [3.8, 4) is 0 Å². The fourth-order valence-corrected chi connectivity index (χ4v) is 4.80. The van der Waals surface area contributed by atoms with Crippen LogP contribution < -0.4 is 5.32 Å². The number of nitrogens with one attached hydrogen (secondary N) is 1. The van der Waals surface area contributed by atoms with E-state index >= 15 is 0 Å². The average molecular weight is 298 g/mol. The summed E-state index contributed by atoms with van der Waals surface area (Å²) >= 11 is 1.93. The number of nitrogens with zero attached hydrogens (tertiary/aromatic N) is 1. The van der Waals surface area contributed by atoms with Gasteiger partial charge in [-0.3, -0.25) is 4.90 Å². The maximum Gasteiger partial charge on any atom is 0.0331 e. The molecule has 0 aliphatic carbocycles. The minimum atomic E-state index is 0.564. The normalized spacial score (nSPS) is 25.4. The molecular formula is C18H22N2S. The Morgan fingerprint density at radius 3 is 3.10 bits per heavy atom. The van der Waals surface area contributed by atoms with Gasteiger partial charge in [-0.15, -0.1) is 11.3 Å². The van der Waals surface area contributed by atoms with E-state index in [1.54, 1.807) is 16.0 Å². The number of benzene rings is 1. The molecule has 0 spiro atoms. The van der Waals surface area contributed by atoms with E-state index in [0.717, 1.165) is 13.1 Å². The molecule has 4 rings (SSSR count). The van der Waals surface area contributed by atoms with Gasteiger partial charge in [-0.1, -0.05) is 24.3 Å². The van der Waals surface area contributed by atoms with Crippen molar-refractivity contribution in [3.05, 3.63) is 57.3 Å². The van der Waals surface area contributed by atoms with Gasteiger partial charge in [0.25, 0.3) is 0 Å². The molecule has 0 radical (unpaired) electrons. The van der Waals surface area contributed by atoms with Crippen LogP contribution >= 0.6 is 11.3 Å². The quantitative estimate of drug-likeness (QED) is 0.912. The van der Waals surface area contributed by atoms with Gasteiger partial charge in [-0.2, -0.15) is 0 Å². The molecule has 3 heteroatoms. The summed E-state index contributed by atoms with van der Waals surface area (Å²) in [5.41, 5.74) is 4.59. The zero-order valence-corrected chi connectivity index (χ0v) is 13.3. The summed E-state index contributed by atoms with van der Waals surface area (Å²) in [6.45, 7) is 6.87. The lowest BCUT2D eigenvalue weighted by atomic mass is 9.89. The summed E-state index contributed by atoms with van der Waals surface area (Å²) in [6, 6.07) is 11.8. The predicted molar refractivity (Wildman–Crippen MR) is 88.9 cm³/mol. The van der Waals surface area contributed by atoms with Gasteiger partial charge in [0.15, 0.2) is 0 Å². The molecule has 0 amide bonds. The van der Waals surface area contributed by atoms with Crippen molar-refractivity contribution in [3.63, 3.8) is 0 Å². The van der Waals surface area contributed by atoms with Crippen molar-refractivity contribution in [2.24, 2.45) is 0 Å². The first-order chi connectivity index (χ1) is 10.3. The third kappa shape index (κ3) is 2.44. The molecule has 2 nitrogen and oxygen atoms in total. The lowest BCUT2D eigenvalue weighted by Crippen LogP contribution is -2.40. The van der Waals surface area contributed by atoms with Crippen LogP contribution in [0.15, 0.2) is 35.7 Å². The van der Waals surface area contributed by atoms with Crippen LogP contribution in [-0.2, 0) is 13.0 Å². The molecule has 0 saturated heterocycles. The fourth-order valence-electron chi connectivity index (χ4n) is 3.84. The molecule has 2 aliphatic rings. The number of fused-ring (bicyclic) bond motifs is 2. The van der Waals surface area contributed by atoms with Crippen LogP contribution in [0.5, 0.6) is 0 Å². The first kappa shape index (κ1) is 13.5. The second-order valence-corrected chi connectivity index (χ2v) is 7.25. The van der Waals surface area contributed by atoms with Crippen molar-refractivity contribution in [1.29, 1.82) is 0 Å². The first-order valence-electron chi connectivity index (χ1n) is 7.92. The van der Waals surface area contributed by atoms with Gasteiger partial charge in [0.05, 0.1) is 0 Å². The SMILES string of the molecule is CC1c2ccsc2CCN1CC1CNCc2ccccc21. The second kappa shape index (κ2) is 5.56. The Hall–Kier alpha value is -1.16. The van der Waals surface area contributed by atoms with Crippen LogP contribution in [0.2, 0.25) is 0 Å². The Kier molecular flexibility index (Phi) is 3.57. The molecule has 2 atom stereocenters. The maximum absolute atomic E-state index is 3.58. The highest BCUT2D eigenvalue weighted by molar-refractivity contribution is 7.10. The van der Waals surface area contributed by atoms with Gasteiger partial charge in [0, 0.05) is 43.0 Å². The first-order valence-corrected chi connectivity index (χ1v) is 8.79. The Morgan fingerprint density at radius 1 is 1.24 bits per heavy atom. The smallest absolute Gasteiger partial charge is 0.0331 e. The highest BCUT2D eigenvalue weighted by Crippen LogP contribution is 2.35. The van der Waals surface area contributed by atoms with Gasteiger partial charge in [0.2, 0.25) is 0 Å². The van der Waals surface area contributed by atoms with Crippen molar-refractivity contribution in [2.75, 3.05) is 19.6 Å². The molecular weight excluding hydrogens is 276 g/mol. The van der Waals surface area contributed by atoms with Crippen LogP contribution in [0.1, 0.15) is 40.5 Å². The Morgan fingerprint density at radius 2 is 2.14 bits per heavy atom. The topological polar surface area (TPSA) is 15.3 Å². The zero-order chi connectivity index (χ0) is 14.2. The van der Waals surface area contributed by atoms with E-state index < -0.39 is 0 Å². The molecule has 2 unspecified atom stereocenters. The van der Waals surface area contributed by atoms with Crippen LogP contribution in [0.3, 0.4) is 0 Å². The molecule has 2 aliphatic heterocycles. The van der Waals surface area contributed by atoms with Gasteiger partial charge in [0.1, 0.15) is 0 Å². The molecule has 1 aromatic carbocycles. The Labute approximate surface area is 130 Å². The van der Waals surface area contributed by atoms with Crippen LogP contribution in [0.25, 0.3) is 0 Å². The summed E-state index contributed by atoms with van der Waals surface area (Å²) in [7, 11) is 0. The summed E-state index contributed by atoms with van der Waals surface area (Å²) in [6.07, 6.45) is 1.22. The largest absolute Gasteiger partial charge is 0.312 e. The van der Waals surface area contributed by atoms with Crippen LogP contribution in [-0.4, -0.2) is 24.5 Å². The van der Waals surface area contributed by atoms with Gasteiger partial charge < -0.3 is 5.32 Å². The highest BCUT2D eigenvalue weighted by Gasteiger charge is 2.28. The standard InChI is InChI=1S/C18H22N2S/c1-13-16-7-9-21-18(16)6-8-20(13)12-15-11-19-10-14-4-2-3-5-17(14)15/h2-5,7,9,13,15,19H,6,8,10-12H2,1H3. The maximum atomic E-state index is 3.58. The zero-order valence-electron chi connectivity index (χ0n) is 12.5. The third-order valence-electron chi connectivity index (χ3n) is 5.06. The average Bonchev–Trinajstić information content (AvgIpc) is 3.00. The van der Waals surface area contributed by atoms with E-state index in [1.807, 2.05) is 11.3 Å². The number of thiophene rings is 1. The van der Waals surface area contributed by atoms with Crippen LogP contribution in [0, 0.1) is 0 Å². The lowest BCUT2D eigenvalue weighted by Gasteiger charge is -2.38. The molecule has 21 heavy (non-hydrogen) atoms. The van der Waals surface area contributed by atoms with Crippen molar-refractivity contribution in [2.45, 2.75) is 31.8 Å². The van der Waals surface area contributed by atoms with E-state index in [2.05, 4.69) is 52.9 Å². The molecule has 0 fully saturated rings. The lowest BCUT2D eigenvalue weighted by molar-refractivity contribution is 0.184. The number of hydrogen-bond donors (Lipinski definition) is 1. The second-order valence-electron chi connectivity index (χ2n) is 6.25. The fraction of sp³-hybridized carbons (Fsp3) is 0.444. The van der Waals surface area contributed by atoms with E-state index in [9.17, 15) is 0 Å². The van der Waals surface area contributed by atoms with E-state index in [4.69, 9.17) is 0 Å². The van der Waals surface area contributed by atoms with Gasteiger partial charge in [-0.25, -0.2) is 0 Å². The Bertz CT molecular complexity index is 634. The van der Waals surface area contributed by atoms with Gasteiger partial charge in [-0.05, 0) is 41.5 Å². The third-order valence-corrected chi connectivity index (χ3v) is 6.06. The molecule has 0 saturated carbocycles. The molecule has 2 aromatic rings. The summed E-state index contributed by atoms with van der Waals surface area (Å²) in [4.78, 5) is 4.27.